The summed E-state index contributed by atoms with van der Waals surface area (Å²) in [4.78, 5) is 36.7. The Bertz CT molecular complexity index is 1040. The molecule has 0 heterocycles. The Morgan fingerprint density at radius 1 is 1.00 bits per heavy atom. The second-order valence-electron chi connectivity index (χ2n) is 9.99. The molecule has 2 aromatic rings. The number of fused-ring (bicyclic) bond motifs is 3. The summed E-state index contributed by atoms with van der Waals surface area (Å²) in [5.74, 6) is -1.39. The lowest BCUT2D eigenvalue weighted by atomic mass is 9.85. The summed E-state index contributed by atoms with van der Waals surface area (Å²) in [6, 6.07) is 15.8. The number of ether oxygens (including phenoxy) is 1. The van der Waals surface area contributed by atoms with Crippen LogP contribution in [0.2, 0.25) is 0 Å². The summed E-state index contributed by atoms with van der Waals surface area (Å²) in [6.45, 7) is 4.11. The van der Waals surface area contributed by atoms with Gasteiger partial charge in [-0.3, -0.25) is 9.59 Å². The van der Waals surface area contributed by atoms with Crippen molar-refractivity contribution in [2.45, 2.75) is 64.0 Å². The molecule has 0 radical (unpaired) electrons. The van der Waals surface area contributed by atoms with Crippen molar-refractivity contribution in [3.63, 3.8) is 0 Å². The van der Waals surface area contributed by atoms with Crippen molar-refractivity contribution < 1.29 is 24.2 Å². The van der Waals surface area contributed by atoms with Crippen LogP contribution in [0, 0.1) is 11.8 Å². The number of benzene rings is 2. The highest BCUT2D eigenvalue weighted by molar-refractivity contribution is 5.80. The maximum absolute atomic E-state index is 12.7. The standard InChI is InChI=1S/C28H34N2O5/c1-17(2)25(15-26(31)29-19-9-7-8-18(14-19)27(32)33)30-28(34)35-16-24-22-12-5-3-10-20(22)21-11-4-6-13-23(21)24/h3-6,10-13,17-19,24-25H,7-9,14-16H2,1-2H3,(H,29,31)(H,30,34)(H,32,33)/t18-,19+,25?/m0/s1. The first kappa shape index (κ1) is 24.8. The van der Waals surface area contributed by atoms with E-state index in [1.807, 2.05) is 38.1 Å². The predicted molar refractivity (Wildman–Crippen MR) is 133 cm³/mol. The zero-order chi connectivity index (χ0) is 24.9. The fourth-order valence-corrected chi connectivity index (χ4v) is 5.28. The molecule has 2 aliphatic rings. The van der Waals surface area contributed by atoms with Gasteiger partial charge >= 0.3 is 12.1 Å². The molecule has 0 bridgehead atoms. The summed E-state index contributed by atoms with van der Waals surface area (Å²) in [6.07, 6.45) is 2.25. The topological polar surface area (TPSA) is 105 Å². The highest BCUT2D eigenvalue weighted by Crippen LogP contribution is 2.44. The SMILES string of the molecule is CC(C)C(CC(=O)N[C@@H]1CCC[C@H](C(=O)O)C1)NC(=O)OCC1c2ccccc2-c2ccccc21. The minimum absolute atomic E-state index is 0.0255. The normalized spacial score (nSPS) is 20.0. The Kier molecular flexibility index (Phi) is 7.73. The van der Waals surface area contributed by atoms with Crippen LogP contribution >= 0.6 is 0 Å². The smallest absolute Gasteiger partial charge is 0.407 e. The number of rotatable bonds is 8. The van der Waals surface area contributed by atoms with Gasteiger partial charge in [0.05, 0.1) is 5.92 Å². The molecule has 1 saturated carbocycles. The highest BCUT2D eigenvalue weighted by Gasteiger charge is 2.31. The molecule has 1 unspecified atom stereocenters. The number of alkyl carbamates (subject to hydrolysis) is 1. The fourth-order valence-electron chi connectivity index (χ4n) is 5.28. The molecule has 1 fully saturated rings. The van der Waals surface area contributed by atoms with Crippen LogP contribution in [0.5, 0.6) is 0 Å². The average molecular weight is 479 g/mol. The van der Waals surface area contributed by atoms with Crippen LogP contribution in [0.4, 0.5) is 4.79 Å². The van der Waals surface area contributed by atoms with Gasteiger partial charge in [-0.05, 0) is 47.4 Å². The summed E-state index contributed by atoms with van der Waals surface area (Å²) >= 11 is 0. The molecule has 7 heteroatoms. The molecule has 0 spiro atoms. The maximum Gasteiger partial charge on any atom is 0.407 e. The van der Waals surface area contributed by atoms with Crippen LogP contribution in [-0.4, -0.2) is 41.8 Å². The Balaban J connectivity index is 1.32. The Morgan fingerprint density at radius 3 is 2.23 bits per heavy atom. The van der Waals surface area contributed by atoms with Gasteiger partial charge in [0.2, 0.25) is 5.91 Å². The van der Waals surface area contributed by atoms with Crippen LogP contribution < -0.4 is 10.6 Å². The molecule has 2 amide bonds. The number of hydrogen-bond donors (Lipinski definition) is 3. The van der Waals surface area contributed by atoms with E-state index in [0.717, 1.165) is 24.0 Å². The van der Waals surface area contributed by atoms with Gasteiger partial charge in [-0.2, -0.15) is 0 Å². The molecule has 4 rings (SSSR count). The van der Waals surface area contributed by atoms with Crippen molar-refractivity contribution in [3.05, 3.63) is 59.7 Å². The van der Waals surface area contributed by atoms with E-state index in [1.54, 1.807) is 0 Å². The van der Waals surface area contributed by atoms with E-state index in [-0.39, 0.29) is 42.9 Å². The minimum atomic E-state index is -0.805. The van der Waals surface area contributed by atoms with Crippen molar-refractivity contribution in [1.82, 2.24) is 10.6 Å². The number of aliphatic carboxylic acids is 1. The lowest BCUT2D eigenvalue weighted by Gasteiger charge is -2.28. The van der Waals surface area contributed by atoms with Gasteiger partial charge in [0, 0.05) is 24.4 Å². The molecule has 0 saturated heterocycles. The number of amides is 2. The van der Waals surface area contributed by atoms with Gasteiger partial charge in [0.1, 0.15) is 6.61 Å². The average Bonchev–Trinajstić information content (AvgIpc) is 3.16. The van der Waals surface area contributed by atoms with Crippen molar-refractivity contribution in [2.24, 2.45) is 11.8 Å². The third kappa shape index (κ3) is 5.84. The summed E-state index contributed by atoms with van der Waals surface area (Å²) in [7, 11) is 0. The fraction of sp³-hybridized carbons (Fsp3) is 0.464. The van der Waals surface area contributed by atoms with Gasteiger partial charge in [0.25, 0.3) is 0 Å². The summed E-state index contributed by atoms with van der Waals surface area (Å²) < 4.78 is 5.65. The zero-order valence-electron chi connectivity index (χ0n) is 20.3. The van der Waals surface area contributed by atoms with Gasteiger partial charge in [-0.1, -0.05) is 68.8 Å². The maximum atomic E-state index is 12.7. The minimum Gasteiger partial charge on any atom is -0.481 e. The first-order valence-electron chi connectivity index (χ1n) is 12.5. The quantitative estimate of drug-likeness (QED) is 0.510. The Labute approximate surface area is 206 Å². The zero-order valence-corrected chi connectivity index (χ0v) is 20.3. The molecule has 186 valence electrons. The second kappa shape index (κ2) is 10.9. The van der Waals surface area contributed by atoms with Gasteiger partial charge in [-0.15, -0.1) is 0 Å². The summed E-state index contributed by atoms with van der Waals surface area (Å²) in [5, 5.41) is 15.1. The van der Waals surface area contributed by atoms with E-state index in [1.165, 1.54) is 11.1 Å². The van der Waals surface area contributed by atoms with Crippen LogP contribution in [0.25, 0.3) is 11.1 Å². The van der Waals surface area contributed by atoms with Crippen LogP contribution in [0.3, 0.4) is 0 Å². The van der Waals surface area contributed by atoms with E-state index in [4.69, 9.17) is 4.74 Å². The molecule has 3 N–H and O–H groups in total. The monoisotopic (exact) mass is 478 g/mol. The number of nitrogens with one attached hydrogen (secondary N) is 2. The molecule has 7 nitrogen and oxygen atoms in total. The van der Waals surface area contributed by atoms with Gasteiger partial charge in [0.15, 0.2) is 0 Å². The Hall–Kier alpha value is -3.35. The molecular formula is C28H34N2O5. The van der Waals surface area contributed by atoms with E-state index in [2.05, 4.69) is 34.9 Å². The molecule has 2 aliphatic carbocycles. The molecule has 35 heavy (non-hydrogen) atoms. The molecule has 0 aliphatic heterocycles. The molecule has 0 aromatic heterocycles. The van der Waals surface area contributed by atoms with Gasteiger partial charge in [-0.25, -0.2) is 4.79 Å². The van der Waals surface area contributed by atoms with Crippen molar-refractivity contribution >= 4 is 18.0 Å². The first-order valence-corrected chi connectivity index (χ1v) is 12.5. The Morgan fingerprint density at radius 2 is 1.63 bits per heavy atom. The highest BCUT2D eigenvalue weighted by atomic mass is 16.5. The van der Waals surface area contributed by atoms with Crippen LogP contribution in [0.15, 0.2) is 48.5 Å². The third-order valence-corrected chi connectivity index (χ3v) is 7.25. The number of hydrogen-bond acceptors (Lipinski definition) is 4. The lowest BCUT2D eigenvalue weighted by Crippen LogP contribution is -2.45. The molecule has 2 aromatic carbocycles. The first-order chi connectivity index (χ1) is 16.8. The number of carbonyl (C=O) groups is 3. The van der Waals surface area contributed by atoms with E-state index in [0.29, 0.717) is 12.8 Å². The van der Waals surface area contributed by atoms with Crippen molar-refractivity contribution in [3.8, 4) is 11.1 Å². The lowest BCUT2D eigenvalue weighted by molar-refractivity contribution is -0.143. The second-order valence-corrected chi connectivity index (χ2v) is 9.99. The number of carbonyl (C=O) groups excluding carboxylic acids is 2. The van der Waals surface area contributed by atoms with Crippen molar-refractivity contribution in [1.29, 1.82) is 0 Å². The largest absolute Gasteiger partial charge is 0.481 e. The predicted octanol–water partition coefficient (Wildman–Crippen LogP) is 4.70. The van der Waals surface area contributed by atoms with Crippen LogP contribution in [-0.2, 0) is 14.3 Å². The number of carboxylic acids is 1. The van der Waals surface area contributed by atoms with E-state index >= 15 is 0 Å². The molecular weight excluding hydrogens is 444 g/mol. The molecule has 3 atom stereocenters. The number of carboxylic acid groups (broad SMARTS) is 1. The van der Waals surface area contributed by atoms with E-state index < -0.39 is 18.0 Å². The van der Waals surface area contributed by atoms with Crippen LogP contribution in [0.1, 0.15) is 63.0 Å². The van der Waals surface area contributed by atoms with E-state index in [9.17, 15) is 19.5 Å². The van der Waals surface area contributed by atoms with Crippen molar-refractivity contribution in [2.75, 3.05) is 6.61 Å². The van der Waals surface area contributed by atoms with Gasteiger partial charge < -0.3 is 20.5 Å². The summed E-state index contributed by atoms with van der Waals surface area (Å²) in [5.41, 5.74) is 4.63. The third-order valence-electron chi connectivity index (χ3n) is 7.25.